The number of carbonyl (C=O) groups is 1. The van der Waals surface area contributed by atoms with Crippen molar-refractivity contribution in [2.45, 2.75) is 6.54 Å². The molecule has 0 saturated heterocycles. The monoisotopic (exact) mass is 324 g/mol. The summed E-state index contributed by atoms with van der Waals surface area (Å²) in [5.41, 5.74) is 1.02. The fraction of sp³-hybridized carbons (Fsp3) is 0.0588. The fourth-order valence-electron chi connectivity index (χ4n) is 2.09. The zero-order valence-corrected chi connectivity index (χ0v) is 12.5. The Bertz CT molecular complexity index is 908. The van der Waals surface area contributed by atoms with Crippen LogP contribution in [-0.4, -0.2) is 20.7 Å². The van der Waals surface area contributed by atoms with Gasteiger partial charge >= 0.3 is 5.69 Å². The molecular weight excluding hydrogens is 311 g/mol. The van der Waals surface area contributed by atoms with E-state index in [2.05, 4.69) is 15.4 Å². The smallest absolute Gasteiger partial charge is 0.324 e. The fourth-order valence-corrected chi connectivity index (χ4v) is 2.09. The molecule has 2 aromatic carbocycles. The predicted molar refractivity (Wildman–Crippen MR) is 86.8 cm³/mol. The lowest BCUT2D eigenvalue weighted by molar-refractivity contribution is -0.117. The van der Waals surface area contributed by atoms with E-state index in [1.807, 2.05) is 30.3 Å². The first-order chi connectivity index (χ1) is 11.6. The van der Waals surface area contributed by atoms with E-state index in [1.54, 1.807) is 0 Å². The highest BCUT2D eigenvalue weighted by Crippen LogP contribution is 2.12. The van der Waals surface area contributed by atoms with E-state index < -0.39 is 17.4 Å². The van der Waals surface area contributed by atoms with Crippen LogP contribution in [0.4, 0.5) is 10.1 Å². The summed E-state index contributed by atoms with van der Waals surface area (Å²) in [6, 6.07) is 14.5. The van der Waals surface area contributed by atoms with Gasteiger partial charge in [0.1, 0.15) is 12.4 Å². The van der Waals surface area contributed by atoms with Crippen LogP contribution in [-0.2, 0) is 11.3 Å². The van der Waals surface area contributed by atoms with Gasteiger partial charge in [0, 0.05) is 11.3 Å². The van der Waals surface area contributed by atoms with Gasteiger partial charge in [-0.25, -0.2) is 13.9 Å². The number of anilines is 1. The third kappa shape index (κ3) is 3.70. The zero-order chi connectivity index (χ0) is 16.9. The van der Waals surface area contributed by atoms with E-state index in [-0.39, 0.29) is 6.54 Å². The molecule has 1 aromatic heterocycles. The van der Waals surface area contributed by atoms with Gasteiger partial charge in [-0.05, 0) is 24.3 Å². The van der Waals surface area contributed by atoms with Crippen LogP contribution < -0.4 is 11.0 Å². The minimum atomic E-state index is -0.620. The maximum absolute atomic E-state index is 12.8. The summed E-state index contributed by atoms with van der Waals surface area (Å²) in [6.45, 7) is -0.279. The van der Waals surface area contributed by atoms with Gasteiger partial charge in [-0.3, -0.25) is 4.79 Å². The van der Waals surface area contributed by atoms with Crippen LogP contribution in [0.25, 0.3) is 11.3 Å². The maximum atomic E-state index is 12.8. The lowest BCUT2D eigenvalue weighted by Crippen LogP contribution is -2.31. The lowest BCUT2D eigenvalue weighted by atomic mass is 10.2. The van der Waals surface area contributed by atoms with Gasteiger partial charge in [0.15, 0.2) is 0 Å². The van der Waals surface area contributed by atoms with Crippen LogP contribution in [0.5, 0.6) is 0 Å². The summed E-state index contributed by atoms with van der Waals surface area (Å²) >= 11 is 0. The minimum Gasteiger partial charge on any atom is -0.324 e. The number of hydrogen-bond donors (Lipinski definition) is 1. The molecule has 3 aromatic rings. The van der Waals surface area contributed by atoms with Crippen molar-refractivity contribution in [1.82, 2.24) is 14.8 Å². The molecule has 120 valence electrons. The topological polar surface area (TPSA) is 76.9 Å². The highest BCUT2D eigenvalue weighted by atomic mass is 19.1. The number of benzene rings is 2. The van der Waals surface area contributed by atoms with Crippen molar-refractivity contribution in [3.63, 3.8) is 0 Å². The molecule has 0 aliphatic rings. The molecule has 24 heavy (non-hydrogen) atoms. The number of amides is 1. The SMILES string of the molecule is O=C(Cn1ncc(-c2ccccc2)nc1=O)Nc1ccc(F)cc1. The highest BCUT2D eigenvalue weighted by Gasteiger charge is 2.09. The first-order valence-electron chi connectivity index (χ1n) is 7.17. The number of halogens is 1. The average Bonchev–Trinajstić information content (AvgIpc) is 2.59. The Morgan fingerprint density at radius 2 is 1.79 bits per heavy atom. The standard InChI is InChI=1S/C17H13FN4O2/c18-13-6-8-14(9-7-13)20-16(23)11-22-17(24)21-15(10-19-22)12-4-2-1-3-5-12/h1-10H,11H2,(H,20,23). The third-order valence-electron chi connectivity index (χ3n) is 3.25. The highest BCUT2D eigenvalue weighted by molar-refractivity contribution is 5.90. The first kappa shape index (κ1) is 15.5. The van der Waals surface area contributed by atoms with Crippen LogP contribution in [0.1, 0.15) is 0 Å². The van der Waals surface area contributed by atoms with Gasteiger partial charge in [0.05, 0.1) is 11.9 Å². The van der Waals surface area contributed by atoms with Gasteiger partial charge in [0.25, 0.3) is 0 Å². The van der Waals surface area contributed by atoms with Gasteiger partial charge < -0.3 is 5.32 Å². The van der Waals surface area contributed by atoms with E-state index in [0.29, 0.717) is 11.4 Å². The molecule has 1 N–H and O–H groups in total. The van der Waals surface area contributed by atoms with Crippen molar-refractivity contribution in [3.05, 3.63) is 77.1 Å². The van der Waals surface area contributed by atoms with Crippen LogP contribution >= 0.6 is 0 Å². The second-order valence-electron chi connectivity index (χ2n) is 5.00. The lowest BCUT2D eigenvalue weighted by Gasteiger charge is -2.07. The summed E-state index contributed by atoms with van der Waals surface area (Å²) in [6.07, 6.45) is 1.43. The van der Waals surface area contributed by atoms with Crippen LogP contribution in [0, 0.1) is 5.82 Å². The zero-order valence-electron chi connectivity index (χ0n) is 12.5. The maximum Gasteiger partial charge on any atom is 0.365 e. The number of nitrogens with one attached hydrogen (secondary N) is 1. The van der Waals surface area contributed by atoms with E-state index in [1.165, 1.54) is 30.5 Å². The Hall–Kier alpha value is -3.35. The van der Waals surface area contributed by atoms with Crippen molar-refractivity contribution in [1.29, 1.82) is 0 Å². The number of carbonyl (C=O) groups excluding carboxylic acids is 1. The molecule has 0 bridgehead atoms. The van der Waals surface area contributed by atoms with Gasteiger partial charge in [-0.2, -0.15) is 10.1 Å². The van der Waals surface area contributed by atoms with Crippen LogP contribution in [0.3, 0.4) is 0 Å². The molecule has 0 saturated carbocycles. The molecule has 3 rings (SSSR count). The second kappa shape index (κ2) is 6.82. The van der Waals surface area contributed by atoms with Gasteiger partial charge in [-0.1, -0.05) is 30.3 Å². The Balaban J connectivity index is 1.72. The Morgan fingerprint density at radius 1 is 1.08 bits per heavy atom. The van der Waals surface area contributed by atoms with E-state index >= 15 is 0 Å². The summed E-state index contributed by atoms with van der Waals surface area (Å²) in [5, 5.41) is 6.53. The second-order valence-corrected chi connectivity index (χ2v) is 5.00. The summed E-state index contributed by atoms with van der Waals surface area (Å²) in [4.78, 5) is 27.9. The number of nitrogens with zero attached hydrogens (tertiary/aromatic N) is 3. The predicted octanol–water partition coefficient (Wildman–Crippen LogP) is 2.08. The molecule has 0 radical (unpaired) electrons. The molecule has 7 heteroatoms. The normalized spacial score (nSPS) is 10.4. The van der Waals surface area contributed by atoms with Crippen molar-refractivity contribution in [2.75, 3.05) is 5.32 Å². The third-order valence-corrected chi connectivity index (χ3v) is 3.25. The molecule has 6 nitrogen and oxygen atoms in total. The molecule has 1 amide bonds. The molecule has 0 unspecified atom stereocenters. The Morgan fingerprint density at radius 3 is 2.46 bits per heavy atom. The largest absolute Gasteiger partial charge is 0.365 e. The quantitative estimate of drug-likeness (QED) is 0.797. The van der Waals surface area contributed by atoms with Crippen molar-refractivity contribution in [2.24, 2.45) is 0 Å². The summed E-state index contributed by atoms with van der Waals surface area (Å²) in [7, 11) is 0. The first-order valence-corrected chi connectivity index (χ1v) is 7.17. The molecule has 1 heterocycles. The van der Waals surface area contributed by atoms with Crippen LogP contribution in [0.15, 0.2) is 65.6 Å². The van der Waals surface area contributed by atoms with E-state index in [0.717, 1.165) is 10.2 Å². The molecule has 0 fully saturated rings. The molecule has 0 aliphatic carbocycles. The number of hydrogen-bond acceptors (Lipinski definition) is 4. The molecular formula is C17H13FN4O2. The van der Waals surface area contributed by atoms with E-state index in [9.17, 15) is 14.0 Å². The van der Waals surface area contributed by atoms with Crippen LogP contribution in [0.2, 0.25) is 0 Å². The molecule has 0 aliphatic heterocycles. The summed E-state index contributed by atoms with van der Waals surface area (Å²) < 4.78 is 13.8. The van der Waals surface area contributed by atoms with Gasteiger partial charge in [0.2, 0.25) is 5.91 Å². The van der Waals surface area contributed by atoms with Gasteiger partial charge in [-0.15, -0.1) is 0 Å². The van der Waals surface area contributed by atoms with Crippen molar-refractivity contribution in [3.8, 4) is 11.3 Å². The Kier molecular flexibility index (Phi) is 4.42. The average molecular weight is 324 g/mol. The summed E-state index contributed by atoms with van der Waals surface area (Å²) in [5.74, 6) is -0.850. The number of rotatable bonds is 4. The van der Waals surface area contributed by atoms with Crippen molar-refractivity contribution < 1.29 is 9.18 Å². The Labute approximate surface area is 136 Å². The minimum absolute atomic E-state index is 0.279. The van der Waals surface area contributed by atoms with Crippen molar-refractivity contribution >= 4 is 11.6 Å². The van der Waals surface area contributed by atoms with E-state index in [4.69, 9.17) is 0 Å². The number of aromatic nitrogens is 3. The molecule has 0 spiro atoms. The molecule has 0 atom stereocenters.